The summed E-state index contributed by atoms with van der Waals surface area (Å²) in [6, 6.07) is 13.1. The average Bonchev–Trinajstić information content (AvgIpc) is 2.96. The van der Waals surface area contributed by atoms with Crippen molar-refractivity contribution in [3.63, 3.8) is 0 Å². The van der Waals surface area contributed by atoms with Crippen LogP contribution < -0.4 is 19.8 Å². The van der Waals surface area contributed by atoms with Crippen molar-refractivity contribution in [3.8, 4) is 11.5 Å². The van der Waals surface area contributed by atoms with Crippen molar-refractivity contribution in [3.05, 3.63) is 65.4 Å². The molecule has 6 nitrogen and oxygen atoms in total. The van der Waals surface area contributed by atoms with Crippen LogP contribution in [0.1, 0.15) is 36.7 Å². The summed E-state index contributed by atoms with van der Waals surface area (Å²) in [7, 11) is 3.24. The Morgan fingerprint density at radius 2 is 1.86 bits per heavy atom. The van der Waals surface area contributed by atoms with Gasteiger partial charge < -0.3 is 14.4 Å². The number of methoxy groups -OCH3 is 2. The zero-order valence-electron chi connectivity index (χ0n) is 17.5. The van der Waals surface area contributed by atoms with Gasteiger partial charge in [-0.05, 0) is 55.0 Å². The molecule has 0 saturated carbocycles. The second-order valence-electron chi connectivity index (χ2n) is 7.26. The number of benzene rings is 2. The number of hydrogen-bond acceptors (Lipinski definition) is 5. The minimum Gasteiger partial charge on any atom is -0.497 e. The molecule has 29 heavy (non-hydrogen) atoms. The summed E-state index contributed by atoms with van der Waals surface area (Å²) in [5.74, 6) is 1.18. The van der Waals surface area contributed by atoms with E-state index in [1.807, 2.05) is 12.1 Å². The predicted molar refractivity (Wildman–Crippen MR) is 116 cm³/mol. The topological polar surface area (TPSA) is 63.2 Å². The number of rotatable bonds is 6. The van der Waals surface area contributed by atoms with Gasteiger partial charge >= 0.3 is 0 Å². The van der Waals surface area contributed by atoms with Gasteiger partial charge in [0.1, 0.15) is 11.5 Å². The van der Waals surface area contributed by atoms with E-state index in [1.54, 1.807) is 44.7 Å². The van der Waals surface area contributed by atoms with Gasteiger partial charge in [0.25, 0.3) is 5.91 Å². The average molecular weight is 393 g/mol. The first-order valence-corrected chi connectivity index (χ1v) is 9.56. The molecule has 1 amide bonds. The molecule has 6 heteroatoms. The Kier molecular flexibility index (Phi) is 5.92. The summed E-state index contributed by atoms with van der Waals surface area (Å²) in [5.41, 5.74) is 6.34. The van der Waals surface area contributed by atoms with E-state index in [-0.39, 0.29) is 11.3 Å². The molecule has 152 valence electrons. The Bertz CT molecular complexity index is 964. The van der Waals surface area contributed by atoms with E-state index >= 15 is 0 Å². The van der Waals surface area contributed by atoms with Crippen molar-refractivity contribution >= 4 is 17.8 Å². The molecular weight excluding hydrogens is 366 g/mol. The fourth-order valence-electron chi connectivity index (χ4n) is 3.65. The van der Waals surface area contributed by atoms with E-state index in [2.05, 4.69) is 48.3 Å². The Labute approximate surface area is 171 Å². The van der Waals surface area contributed by atoms with Gasteiger partial charge in [-0.3, -0.25) is 4.79 Å². The normalized spacial score (nSPS) is 16.2. The number of allylic oxidation sites excluding steroid dienone is 2. The lowest BCUT2D eigenvalue weighted by Crippen LogP contribution is -2.26. The first-order valence-electron chi connectivity index (χ1n) is 9.56. The smallest absolute Gasteiger partial charge is 0.271 e. The molecule has 1 heterocycles. The number of carbonyl (C=O) groups is 1. The number of hydrazone groups is 1. The van der Waals surface area contributed by atoms with Gasteiger partial charge in [-0.1, -0.05) is 19.9 Å². The number of nitrogens with zero attached hydrogens (tertiary/aromatic N) is 2. The number of nitrogens with one attached hydrogen (secondary N) is 1. The van der Waals surface area contributed by atoms with Crippen LogP contribution in [0.5, 0.6) is 11.5 Å². The molecule has 0 radical (unpaired) electrons. The van der Waals surface area contributed by atoms with Crippen LogP contribution in [0.25, 0.3) is 0 Å². The van der Waals surface area contributed by atoms with Crippen LogP contribution in [0.15, 0.2) is 59.3 Å². The van der Waals surface area contributed by atoms with Gasteiger partial charge in [0.05, 0.1) is 14.2 Å². The second-order valence-corrected chi connectivity index (χ2v) is 7.26. The van der Waals surface area contributed by atoms with Crippen molar-refractivity contribution in [2.24, 2.45) is 5.10 Å². The zero-order chi connectivity index (χ0) is 21.0. The lowest BCUT2D eigenvalue weighted by atomic mass is 9.83. The van der Waals surface area contributed by atoms with Crippen LogP contribution in [0.3, 0.4) is 0 Å². The molecule has 2 aromatic carbocycles. The highest BCUT2D eigenvalue weighted by molar-refractivity contribution is 5.95. The highest BCUT2D eigenvalue weighted by Gasteiger charge is 2.39. The number of likely N-dealkylation sites (N-methyl/N-ethyl adjacent to an activating group) is 1. The highest BCUT2D eigenvalue weighted by Crippen LogP contribution is 2.48. The summed E-state index contributed by atoms with van der Waals surface area (Å²) < 4.78 is 10.5. The molecule has 0 unspecified atom stereocenters. The zero-order valence-corrected chi connectivity index (χ0v) is 17.5. The summed E-state index contributed by atoms with van der Waals surface area (Å²) in [6.07, 6.45) is 3.57. The van der Waals surface area contributed by atoms with Crippen LogP contribution in [-0.2, 0) is 5.41 Å². The van der Waals surface area contributed by atoms with Gasteiger partial charge in [0.15, 0.2) is 0 Å². The van der Waals surface area contributed by atoms with Crippen LogP contribution in [-0.4, -0.2) is 32.9 Å². The van der Waals surface area contributed by atoms with Gasteiger partial charge in [-0.2, -0.15) is 5.10 Å². The molecule has 0 atom stereocenters. The minimum atomic E-state index is -0.287. The van der Waals surface area contributed by atoms with E-state index < -0.39 is 0 Å². The predicted octanol–water partition coefficient (Wildman–Crippen LogP) is 4.12. The Balaban J connectivity index is 1.79. The Hall–Kier alpha value is -3.28. The number of carbonyl (C=O) groups excluding carboxylic acids is 1. The van der Waals surface area contributed by atoms with Gasteiger partial charge in [-0.15, -0.1) is 0 Å². The van der Waals surface area contributed by atoms with Crippen LogP contribution in [0.4, 0.5) is 5.69 Å². The van der Waals surface area contributed by atoms with E-state index in [0.717, 1.165) is 18.0 Å². The molecule has 0 fully saturated rings. The van der Waals surface area contributed by atoms with Crippen LogP contribution >= 0.6 is 0 Å². The molecule has 0 aliphatic carbocycles. The van der Waals surface area contributed by atoms with Gasteiger partial charge in [0.2, 0.25) is 0 Å². The molecule has 0 aromatic heterocycles. The maximum absolute atomic E-state index is 12.3. The molecule has 1 aliphatic heterocycles. The third-order valence-electron chi connectivity index (χ3n) is 5.22. The maximum atomic E-state index is 12.3. The van der Waals surface area contributed by atoms with Crippen molar-refractivity contribution in [1.82, 2.24) is 5.43 Å². The first-order chi connectivity index (χ1) is 13.9. The summed E-state index contributed by atoms with van der Waals surface area (Å²) >= 11 is 0. The maximum Gasteiger partial charge on any atom is 0.271 e. The lowest BCUT2D eigenvalue weighted by Gasteiger charge is -2.25. The van der Waals surface area contributed by atoms with E-state index in [9.17, 15) is 4.79 Å². The Morgan fingerprint density at radius 3 is 2.55 bits per heavy atom. The van der Waals surface area contributed by atoms with E-state index in [0.29, 0.717) is 11.3 Å². The molecule has 3 rings (SSSR count). The number of fused-ring (bicyclic) bond motifs is 1. The number of anilines is 1. The van der Waals surface area contributed by atoms with E-state index in [1.165, 1.54) is 11.3 Å². The number of hydrogen-bond donors (Lipinski definition) is 1. The number of ether oxygens (including phenoxy) is 2. The molecule has 0 saturated heterocycles. The van der Waals surface area contributed by atoms with Gasteiger partial charge in [-0.25, -0.2) is 5.43 Å². The van der Waals surface area contributed by atoms with Crippen molar-refractivity contribution < 1.29 is 14.3 Å². The molecule has 0 spiro atoms. The fraction of sp³-hybridized carbons (Fsp3) is 0.304. The molecule has 1 N–H and O–H groups in total. The standard InChI is InChI=1S/C23H27N3O3/c1-6-26-20-11-10-18(29-5)15-19(20)23(2,3)21(26)12-13-24-25-22(27)16-8-7-9-17(14-16)28-4/h7-15H,6H2,1-5H3,(H,25,27)/b21-12-,24-13+. The molecular formula is C23H27N3O3. The number of amides is 1. The minimum absolute atomic E-state index is 0.206. The van der Waals surface area contributed by atoms with Crippen LogP contribution in [0.2, 0.25) is 0 Å². The van der Waals surface area contributed by atoms with Crippen molar-refractivity contribution in [1.29, 1.82) is 0 Å². The van der Waals surface area contributed by atoms with Crippen molar-refractivity contribution in [2.45, 2.75) is 26.2 Å². The van der Waals surface area contributed by atoms with Crippen molar-refractivity contribution in [2.75, 3.05) is 25.7 Å². The summed E-state index contributed by atoms with van der Waals surface area (Å²) in [5, 5.41) is 4.10. The third kappa shape index (κ3) is 3.97. The van der Waals surface area contributed by atoms with Crippen LogP contribution in [0, 0.1) is 0 Å². The summed E-state index contributed by atoms with van der Waals surface area (Å²) in [6.45, 7) is 7.30. The molecule has 2 aromatic rings. The van der Waals surface area contributed by atoms with E-state index in [4.69, 9.17) is 9.47 Å². The third-order valence-corrected chi connectivity index (χ3v) is 5.22. The molecule has 0 bridgehead atoms. The quantitative estimate of drug-likeness (QED) is 0.592. The fourth-order valence-corrected chi connectivity index (χ4v) is 3.65. The Morgan fingerprint density at radius 1 is 1.14 bits per heavy atom. The second kappa shape index (κ2) is 8.39. The lowest BCUT2D eigenvalue weighted by molar-refractivity contribution is 0.0955. The SMILES string of the molecule is CCN1/C(=C\C=N\NC(=O)c2cccc(OC)c2)C(C)(C)c2cc(OC)ccc21. The monoisotopic (exact) mass is 393 g/mol. The first kappa shape index (κ1) is 20.5. The highest BCUT2D eigenvalue weighted by atomic mass is 16.5. The molecule has 1 aliphatic rings. The largest absolute Gasteiger partial charge is 0.497 e. The summed E-state index contributed by atoms with van der Waals surface area (Å²) in [4.78, 5) is 14.5. The van der Waals surface area contributed by atoms with Gasteiger partial charge in [0, 0.05) is 35.1 Å².